The fourth-order valence-corrected chi connectivity index (χ4v) is 6.06. The van der Waals surface area contributed by atoms with Crippen LogP contribution < -0.4 is 29.6 Å². The summed E-state index contributed by atoms with van der Waals surface area (Å²) in [7, 11) is 9.98. The minimum absolute atomic E-state index is 0.00801. The molecule has 2 aliphatic carbocycles. The molecule has 2 saturated carbocycles. The molecule has 4 unspecified atom stereocenters. The predicted molar refractivity (Wildman–Crippen MR) is 183 cm³/mol. The number of nitrogens with two attached hydrogens (primary N) is 1. The van der Waals surface area contributed by atoms with Crippen molar-refractivity contribution in [2.45, 2.75) is 24.7 Å². The van der Waals surface area contributed by atoms with Gasteiger partial charge < -0.3 is 34.7 Å². The van der Waals surface area contributed by atoms with Crippen LogP contribution in [0.15, 0.2) is 72.8 Å². The second kappa shape index (κ2) is 14.3. The molecule has 0 saturated heterocycles. The molecule has 0 aliphatic heterocycles. The highest BCUT2D eigenvalue weighted by atomic mass is 19.1. The van der Waals surface area contributed by atoms with Crippen LogP contribution in [0.5, 0.6) is 28.7 Å². The fourth-order valence-electron chi connectivity index (χ4n) is 6.06. The van der Waals surface area contributed by atoms with Gasteiger partial charge in [0.15, 0.2) is 11.6 Å². The van der Waals surface area contributed by atoms with Gasteiger partial charge in [-0.05, 0) is 96.5 Å². The van der Waals surface area contributed by atoms with E-state index >= 15 is 0 Å². The van der Waals surface area contributed by atoms with Crippen molar-refractivity contribution < 1.29 is 38.0 Å². The number of ketones is 2. The molecule has 2 aliphatic rings. The molecule has 48 heavy (non-hydrogen) atoms. The number of nitrogen functional groups attached to an aromatic ring is 1. The lowest BCUT2D eigenvalue weighted by atomic mass is 10.0. The maximum absolute atomic E-state index is 13.3. The predicted octanol–water partition coefficient (Wildman–Crippen LogP) is 6.87. The first-order valence-electron chi connectivity index (χ1n) is 15.6. The van der Waals surface area contributed by atoms with E-state index in [0.717, 1.165) is 29.7 Å². The smallest absolute Gasteiger partial charge is 0.170 e. The number of phenolic OH excluding ortho intramolecular Hbond substituents is 1. The number of methoxy groups -OCH3 is 4. The summed E-state index contributed by atoms with van der Waals surface area (Å²) in [6.07, 6.45) is 1.50. The van der Waals surface area contributed by atoms with E-state index in [2.05, 4.69) is 0 Å². The van der Waals surface area contributed by atoms with Gasteiger partial charge >= 0.3 is 0 Å². The molecule has 0 heterocycles. The van der Waals surface area contributed by atoms with Gasteiger partial charge in [-0.15, -0.1) is 0 Å². The molecule has 4 aromatic rings. The molecule has 2 fully saturated rings. The zero-order chi connectivity index (χ0) is 34.7. The van der Waals surface area contributed by atoms with Gasteiger partial charge in [0.25, 0.3) is 0 Å². The molecule has 9 nitrogen and oxygen atoms in total. The molecule has 10 heteroatoms. The Morgan fingerprint density at radius 3 is 1.60 bits per heavy atom. The molecular weight excluding hydrogens is 615 g/mol. The first-order valence-corrected chi connectivity index (χ1v) is 15.6. The van der Waals surface area contributed by atoms with E-state index in [0.29, 0.717) is 34.1 Å². The number of ether oxygens (including phenoxy) is 4. The van der Waals surface area contributed by atoms with E-state index in [-0.39, 0.29) is 46.7 Å². The van der Waals surface area contributed by atoms with Crippen molar-refractivity contribution in [2.75, 3.05) is 53.2 Å². The second-order valence-corrected chi connectivity index (χ2v) is 12.2. The van der Waals surface area contributed by atoms with Crippen molar-refractivity contribution in [1.29, 1.82) is 0 Å². The van der Waals surface area contributed by atoms with Crippen molar-refractivity contribution in [1.82, 2.24) is 0 Å². The molecular formula is C38H41FN2O7. The van der Waals surface area contributed by atoms with Crippen LogP contribution in [0.4, 0.5) is 15.8 Å². The number of halogens is 1. The lowest BCUT2D eigenvalue weighted by Crippen LogP contribution is -2.09. The molecule has 0 radical (unpaired) electrons. The van der Waals surface area contributed by atoms with Crippen LogP contribution in [-0.2, 0) is 0 Å². The zero-order valence-electron chi connectivity index (χ0n) is 28.0. The van der Waals surface area contributed by atoms with Crippen LogP contribution in [0.2, 0.25) is 0 Å². The fraction of sp³-hybridized carbons (Fsp3) is 0.316. The first kappa shape index (κ1) is 34.1. The Balaban J connectivity index is 0.000000188. The van der Waals surface area contributed by atoms with Crippen LogP contribution in [0.3, 0.4) is 0 Å². The van der Waals surface area contributed by atoms with Crippen LogP contribution in [0, 0.1) is 17.7 Å². The summed E-state index contributed by atoms with van der Waals surface area (Å²) in [5.74, 6) is 2.16. The van der Waals surface area contributed by atoms with E-state index in [1.54, 1.807) is 75.9 Å². The largest absolute Gasteiger partial charge is 0.506 e. The van der Waals surface area contributed by atoms with E-state index in [9.17, 15) is 19.1 Å². The van der Waals surface area contributed by atoms with E-state index in [1.807, 2.05) is 31.1 Å². The number of hydrogen-bond acceptors (Lipinski definition) is 9. The Bertz CT molecular complexity index is 1830. The number of anilines is 2. The van der Waals surface area contributed by atoms with Gasteiger partial charge in [-0.2, -0.15) is 0 Å². The molecule has 0 spiro atoms. The van der Waals surface area contributed by atoms with E-state index < -0.39 is 5.82 Å². The number of hydrogen-bond donors (Lipinski definition) is 2. The van der Waals surface area contributed by atoms with Crippen LogP contribution in [0.1, 0.15) is 56.5 Å². The number of nitrogens with zero attached hydrogens (tertiary/aromatic N) is 1. The molecule has 0 amide bonds. The molecule has 6 rings (SSSR count). The Labute approximate surface area is 280 Å². The van der Waals surface area contributed by atoms with Crippen LogP contribution >= 0.6 is 0 Å². The summed E-state index contributed by atoms with van der Waals surface area (Å²) < 4.78 is 34.3. The highest BCUT2D eigenvalue weighted by Gasteiger charge is 2.46. The molecule has 252 valence electrons. The third kappa shape index (κ3) is 7.17. The number of carbonyl (C=O) groups is 2. The summed E-state index contributed by atoms with van der Waals surface area (Å²) >= 11 is 0. The number of phenols is 1. The molecule has 4 atom stereocenters. The number of benzene rings is 4. The van der Waals surface area contributed by atoms with Crippen LogP contribution in [0.25, 0.3) is 0 Å². The van der Waals surface area contributed by atoms with Gasteiger partial charge in [0.1, 0.15) is 34.6 Å². The summed E-state index contributed by atoms with van der Waals surface area (Å²) in [6, 6.07) is 20.7. The number of aromatic hydroxyl groups is 1. The Morgan fingerprint density at radius 2 is 1.19 bits per heavy atom. The highest BCUT2D eigenvalue weighted by Crippen LogP contribution is 2.52. The van der Waals surface area contributed by atoms with Gasteiger partial charge in [-0.3, -0.25) is 9.59 Å². The van der Waals surface area contributed by atoms with Gasteiger partial charge in [-0.25, -0.2) is 4.39 Å². The minimum Gasteiger partial charge on any atom is -0.506 e. The summed E-state index contributed by atoms with van der Waals surface area (Å²) in [5, 5.41) is 10.2. The normalized spacial score (nSPS) is 18.9. The molecule has 3 N–H and O–H groups in total. The standard InChI is InChI=1S/C20H23NO4.C18H18FNO3/c1-21(2)17-7-5-12(9-18(17)22)14-11-15(14)20(23)16-10-13(24-3)6-8-19(16)25-4;1-22-11-4-6-17(23-2)14(8-11)18(21)13-9-12(13)10-3-5-15(19)16(20)7-10/h5-10,14-15,22H,11H2,1-4H3;3-8,12-13H,9,20H2,1-2H3. The maximum atomic E-state index is 13.3. The third-order valence-electron chi connectivity index (χ3n) is 8.96. The van der Waals surface area contributed by atoms with Crippen molar-refractivity contribution in [3.63, 3.8) is 0 Å². The topological polar surface area (TPSA) is 121 Å². The maximum Gasteiger partial charge on any atom is 0.170 e. The van der Waals surface area contributed by atoms with Crippen LogP contribution in [-0.4, -0.2) is 59.2 Å². The summed E-state index contributed by atoms with van der Waals surface area (Å²) in [6.45, 7) is 0. The Morgan fingerprint density at radius 1 is 0.708 bits per heavy atom. The highest BCUT2D eigenvalue weighted by molar-refractivity contribution is 6.03. The van der Waals surface area contributed by atoms with Crippen molar-refractivity contribution in [3.05, 3.63) is 101 Å². The van der Waals surface area contributed by atoms with Gasteiger partial charge in [-0.1, -0.05) is 12.1 Å². The average Bonchev–Trinajstić information content (AvgIpc) is 4.03. The van der Waals surface area contributed by atoms with E-state index in [1.165, 1.54) is 13.2 Å². The monoisotopic (exact) mass is 656 g/mol. The summed E-state index contributed by atoms with van der Waals surface area (Å²) in [4.78, 5) is 27.5. The minimum atomic E-state index is -0.438. The zero-order valence-corrected chi connectivity index (χ0v) is 28.0. The molecule has 0 bridgehead atoms. The van der Waals surface area contributed by atoms with Gasteiger partial charge in [0, 0.05) is 25.9 Å². The summed E-state index contributed by atoms with van der Waals surface area (Å²) in [5.41, 5.74) is 9.42. The van der Waals surface area contributed by atoms with Crippen molar-refractivity contribution in [3.8, 4) is 28.7 Å². The van der Waals surface area contributed by atoms with Crippen molar-refractivity contribution in [2.24, 2.45) is 11.8 Å². The SMILES string of the molecule is COc1ccc(OC)c(C(=O)C2CC2c2ccc(F)c(N)c2)c1.COc1ccc(OC)c(C(=O)C2CC2c2ccc(N(C)C)c(O)c2)c1. The second-order valence-electron chi connectivity index (χ2n) is 12.2. The quantitative estimate of drug-likeness (QED) is 0.132. The van der Waals surface area contributed by atoms with E-state index in [4.69, 9.17) is 24.7 Å². The van der Waals surface area contributed by atoms with Crippen molar-refractivity contribution >= 4 is 22.9 Å². The molecule has 0 aromatic heterocycles. The Kier molecular flexibility index (Phi) is 10.1. The number of rotatable bonds is 11. The Hall–Kier alpha value is -5.25. The first-order chi connectivity index (χ1) is 23.0. The lowest BCUT2D eigenvalue weighted by Gasteiger charge is -2.15. The van der Waals surface area contributed by atoms with Gasteiger partial charge in [0.05, 0.1) is 50.9 Å². The average molecular weight is 657 g/mol. The number of Topliss-reactive ketones (excluding diaryl/α,β-unsaturated/α-hetero) is 2. The third-order valence-corrected chi connectivity index (χ3v) is 8.96. The lowest BCUT2D eigenvalue weighted by molar-refractivity contribution is 0.0954. The van der Waals surface area contributed by atoms with Gasteiger partial charge in [0.2, 0.25) is 0 Å². The molecule has 4 aromatic carbocycles. The number of carbonyl (C=O) groups excluding carboxylic acids is 2.